The highest BCUT2D eigenvalue weighted by Gasteiger charge is 2.36. The molecule has 0 aliphatic carbocycles. The summed E-state index contributed by atoms with van der Waals surface area (Å²) in [5.41, 5.74) is 27.6. The minimum atomic E-state index is -1.78. The zero-order valence-electron chi connectivity index (χ0n) is 40.0. The molecular formula is C44H72N12O14. The van der Waals surface area contributed by atoms with Crippen LogP contribution in [0.2, 0.25) is 0 Å². The van der Waals surface area contributed by atoms with Gasteiger partial charge in [-0.1, -0.05) is 46.2 Å². The second kappa shape index (κ2) is 31.2. The maximum Gasteiger partial charge on any atom is 0.326 e. The molecule has 0 bridgehead atoms. The van der Waals surface area contributed by atoms with Crippen molar-refractivity contribution in [1.29, 1.82) is 0 Å². The molecule has 0 aromatic heterocycles. The van der Waals surface area contributed by atoms with Gasteiger partial charge in [-0.15, -0.1) is 0 Å². The summed E-state index contributed by atoms with van der Waals surface area (Å²) >= 11 is 0. The van der Waals surface area contributed by atoms with E-state index >= 15 is 0 Å². The number of benzene rings is 1. The molecule has 70 heavy (non-hydrogen) atoms. The Bertz CT molecular complexity index is 1970. The smallest absolute Gasteiger partial charge is 0.326 e. The minimum Gasteiger partial charge on any atom is -0.508 e. The summed E-state index contributed by atoms with van der Waals surface area (Å²) in [6.45, 7) is 5.90. The van der Waals surface area contributed by atoms with Crippen molar-refractivity contribution in [3.63, 3.8) is 0 Å². The van der Waals surface area contributed by atoms with Gasteiger partial charge in [-0.05, 0) is 74.6 Å². The Morgan fingerprint density at radius 2 is 1.04 bits per heavy atom. The predicted octanol–water partition coefficient (Wildman–Crippen LogP) is -4.64. The van der Waals surface area contributed by atoms with E-state index in [2.05, 4.69) is 37.2 Å². The molecule has 20 N–H and O–H groups in total. The van der Waals surface area contributed by atoms with Gasteiger partial charge in [-0.3, -0.25) is 47.9 Å². The Hall–Kier alpha value is -6.93. The third kappa shape index (κ3) is 22.9. The molecule has 1 rings (SSSR count). The van der Waals surface area contributed by atoms with Gasteiger partial charge in [-0.25, -0.2) is 4.79 Å². The van der Waals surface area contributed by atoms with Crippen molar-refractivity contribution in [2.45, 2.75) is 147 Å². The minimum absolute atomic E-state index is 0.0250. The molecule has 0 radical (unpaired) electrons. The fourth-order valence-electron chi connectivity index (χ4n) is 6.71. The average molecular weight is 993 g/mol. The molecular weight excluding hydrogens is 921 g/mol. The fraction of sp³-hybridized carbons (Fsp3) is 0.614. The van der Waals surface area contributed by atoms with E-state index in [1.165, 1.54) is 24.3 Å². The first-order valence-electron chi connectivity index (χ1n) is 22.9. The van der Waals surface area contributed by atoms with Crippen LogP contribution in [0, 0.1) is 11.8 Å². The highest BCUT2D eigenvalue weighted by atomic mass is 16.4. The standard InChI is InChI=1S/C44H72N12O14/c1-5-23(4)36(56-39(64)27(8-6-7-17-45)50-41(66)30(20-35(49)61)52-37(62)26(46)13-15-33(47)59)43(68)55-32(21-57)42(67)53-29(19-24-9-11-25(58)12-10-24)40(65)51-28(14-16-34(48)60)38(63)54-31(44(69)70)18-22(2)3/h9-12,22-23,26-32,36,57-58H,5-8,13-21,45-46H2,1-4H3,(H2,47,59)(H2,48,60)(H2,49,61)(H,50,66)(H,51,65)(H,52,62)(H,53,67)(H,54,63)(H,55,68)(H,56,64)(H,69,70)/t23-,26-,27-,28-,29-,30-,31-,32-,36-/m0/s1. The molecule has 10 amide bonds. The number of aliphatic hydroxyl groups excluding tert-OH is 1. The summed E-state index contributed by atoms with van der Waals surface area (Å²) in [6.07, 6.45) is -1.29. The maximum atomic E-state index is 14.0. The van der Waals surface area contributed by atoms with Gasteiger partial charge < -0.3 is 81.2 Å². The van der Waals surface area contributed by atoms with Crippen LogP contribution in [0.3, 0.4) is 0 Å². The summed E-state index contributed by atoms with van der Waals surface area (Å²) in [5, 5.41) is 46.9. The molecule has 1 aromatic rings. The third-order valence-corrected chi connectivity index (χ3v) is 10.9. The molecule has 0 saturated heterocycles. The second-order valence-corrected chi connectivity index (χ2v) is 17.3. The summed E-state index contributed by atoms with van der Waals surface area (Å²) in [5.74, 6) is -11.8. The van der Waals surface area contributed by atoms with Gasteiger partial charge in [0, 0.05) is 19.3 Å². The lowest BCUT2D eigenvalue weighted by Gasteiger charge is -2.29. The number of phenolic OH excluding ortho intramolecular Hbond substituents is 1. The number of aliphatic carboxylic acids is 1. The number of primary amides is 3. The van der Waals surface area contributed by atoms with E-state index in [-0.39, 0.29) is 69.6 Å². The SMILES string of the molecule is CC[C@H](C)[C@H](NC(=O)[C@H](CCCCN)NC(=O)[C@H](CC(N)=O)NC(=O)[C@@H](N)CCC(N)=O)C(=O)N[C@@H](CO)C(=O)N[C@@H](Cc1ccc(O)cc1)C(=O)N[C@@H](CCC(N)=O)C(=O)N[C@@H](CC(C)C)C(=O)O. The first-order valence-corrected chi connectivity index (χ1v) is 22.9. The molecule has 0 fully saturated rings. The van der Waals surface area contributed by atoms with Crippen LogP contribution >= 0.6 is 0 Å². The Kier molecular flexibility index (Phi) is 27.3. The summed E-state index contributed by atoms with van der Waals surface area (Å²) in [6, 6.07) is -6.54. The number of amides is 10. The monoisotopic (exact) mass is 993 g/mol. The molecule has 0 unspecified atom stereocenters. The van der Waals surface area contributed by atoms with Crippen LogP contribution in [0.5, 0.6) is 5.75 Å². The molecule has 0 heterocycles. The largest absolute Gasteiger partial charge is 0.508 e. The highest BCUT2D eigenvalue weighted by molar-refractivity contribution is 5.98. The molecule has 1 aromatic carbocycles. The van der Waals surface area contributed by atoms with Crippen molar-refractivity contribution >= 4 is 65.0 Å². The normalized spacial score (nSPS) is 14.9. The van der Waals surface area contributed by atoms with Crippen LogP contribution in [0.25, 0.3) is 0 Å². The zero-order chi connectivity index (χ0) is 53.2. The van der Waals surface area contributed by atoms with E-state index in [1.807, 2.05) is 0 Å². The molecule has 26 nitrogen and oxygen atoms in total. The van der Waals surface area contributed by atoms with Crippen LogP contribution < -0.4 is 65.9 Å². The van der Waals surface area contributed by atoms with Crippen molar-refractivity contribution in [2.75, 3.05) is 13.2 Å². The summed E-state index contributed by atoms with van der Waals surface area (Å²) < 4.78 is 0. The summed E-state index contributed by atoms with van der Waals surface area (Å²) in [7, 11) is 0. The van der Waals surface area contributed by atoms with Crippen LogP contribution in [0.15, 0.2) is 24.3 Å². The van der Waals surface area contributed by atoms with Gasteiger partial charge in [-0.2, -0.15) is 0 Å². The molecule has 0 aliphatic heterocycles. The number of unbranched alkanes of at least 4 members (excludes halogenated alkanes) is 1. The zero-order valence-corrected chi connectivity index (χ0v) is 40.0. The van der Waals surface area contributed by atoms with Crippen molar-refractivity contribution in [1.82, 2.24) is 37.2 Å². The number of aliphatic hydroxyl groups is 1. The Morgan fingerprint density at radius 1 is 0.571 bits per heavy atom. The fourth-order valence-corrected chi connectivity index (χ4v) is 6.71. The Morgan fingerprint density at radius 3 is 1.56 bits per heavy atom. The van der Waals surface area contributed by atoms with Gasteiger partial charge in [0.05, 0.1) is 19.1 Å². The number of carbonyl (C=O) groups is 11. The number of carbonyl (C=O) groups excluding carboxylic acids is 10. The topological polar surface area (TPSA) is 463 Å². The quantitative estimate of drug-likeness (QED) is 0.0289. The van der Waals surface area contributed by atoms with Gasteiger partial charge in [0.25, 0.3) is 0 Å². The highest BCUT2D eigenvalue weighted by Crippen LogP contribution is 2.14. The van der Waals surface area contributed by atoms with Crippen LogP contribution in [0.1, 0.15) is 97.5 Å². The Balaban J connectivity index is 3.48. The lowest BCUT2D eigenvalue weighted by molar-refractivity contribution is -0.143. The predicted molar refractivity (Wildman–Crippen MR) is 251 cm³/mol. The Labute approximate surface area is 405 Å². The molecule has 0 aliphatic rings. The second-order valence-electron chi connectivity index (χ2n) is 17.3. The average Bonchev–Trinajstić information content (AvgIpc) is 3.28. The number of carboxylic acid groups (broad SMARTS) is 1. The van der Waals surface area contributed by atoms with Gasteiger partial charge >= 0.3 is 5.97 Å². The first kappa shape index (κ1) is 61.1. The number of phenols is 1. The van der Waals surface area contributed by atoms with Crippen molar-refractivity contribution in [3.8, 4) is 5.75 Å². The van der Waals surface area contributed by atoms with E-state index in [4.69, 9.17) is 28.7 Å². The number of nitrogens with two attached hydrogens (primary N) is 5. The van der Waals surface area contributed by atoms with Gasteiger partial charge in [0.15, 0.2) is 0 Å². The molecule has 0 saturated carbocycles. The van der Waals surface area contributed by atoms with E-state index in [0.717, 1.165) is 0 Å². The molecule has 9 atom stereocenters. The number of aromatic hydroxyl groups is 1. The van der Waals surface area contributed by atoms with Gasteiger partial charge in [0.1, 0.15) is 48.0 Å². The number of rotatable bonds is 34. The molecule has 392 valence electrons. The number of nitrogens with one attached hydrogen (secondary N) is 7. The maximum absolute atomic E-state index is 14.0. The van der Waals surface area contributed by atoms with Crippen molar-refractivity contribution < 1.29 is 68.1 Å². The van der Waals surface area contributed by atoms with Crippen LogP contribution in [0.4, 0.5) is 0 Å². The number of carboxylic acids is 1. The van der Waals surface area contributed by atoms with Crippen molar-refractivity contribution in [2.24, 2.45) is 40.5 Å². The number of hydrogen-bond donors (Lipinski definition) is 15. The first-order chi connectivity index (χ1) is 32.8. The van der Waals surface area contributed by atoms with Crippen molar-refractivity contribution in [3.05, 3.63) is 29.8 Å². The third-order valence-electron chi connectivity index (χ3n) is 10.9. The van der Waals surface area contributed by atoms with E-state index in [9.17, 15) is 68.1 Å². The van der Waals surface area contributed by atoms with E-state index in [1.54, 1.807) is 27.7 Å². The lowest BCUT2D eigenvalue weighted by Crippen LogP contribution is -2.62. The van der Waals surface area contributed by atoms with Gasteiger partial charge in [0.2, 0.25) is 59.1 Å². The van der Waals surface area contributed by atoms with Crippen LogP contribution in [-0.2, 0) is 59.2 Å². The number of hydrogen-bond acceptors (Lipinski definition) is 15. The van der Waals surface area contributed by atoms with E-state index in [0.29, 0.717) is 12.0 Å². The molecule has 26 heteroatoms. The molecule has 0 spiro atoms. The van der Waals surface area contributed by atoms with E-state index < -0.39 is 139 Å². The lowest BCUT2D eigenvalue weighted by atomic mass is 9.97. The summed E-state index contributed by atoms with van der Waals surface area (Å²) in [4.78, 5) is 142. The van der Waals surface area contributed by atoms with Crippen LogP contribution in [-0.4, -0.2) is 142 Å².